The number of ether oxygens (including phenoxy) is 2. The number of methoxy groups -OCH3 is 2. The lowest BCUT2D eigenvalue weighted by atomic mass is 10.0. The van der Waals surface area contributed by atoms with E-state index < -0.39 is 0 Å². The van der Waals surface area contributed by atoms with Gasteiger partial charge < -0.3 is 9.47 Å². The van der Waals surface area contributed by atoms with Gasteiger partial charge in [0.05, 0.1) is 36.6 Å². The van der Waals surface area contributed by atoms with Crippen molar-refractivity contribution < 1.29 is 9.47 Å². The number of nitrogens with two attached hydrogens (primary N) is 1. The van der Waals surface area contributed by atoms with E-state index >= 15 is 0 Å². The minimum absolute atomic E-state index is 0.276. The minimum atomic E-state index is -0.276. The lowest BCUT2D eigenvalue weighted by Gasteiger charge is -2.20. The van der Waals surface area contributed by atoms with E-state index in [9.17, 15) is 0 Å². The summed E-state index contributed by atoms with van der Waals surface area (Å²) in [6.45, 7) is 0. The summed E-state index contributed by atoms with van der Waals surface area (Å²) in [6.07, 6.45) is 1.73. The molecule has 7 heteroatoms. The number of aryl methyl sites for hydroxylation is 1. The summed E-state index contributed by atoms with van der Waals surface area (Å²) in [5, 5.41) is 4.21. The minimum Gasteiger partial charge on any atom is -0.497 e. The molecule has 0 aliphatic carbocycles. The molecular weight excluding hydrogens is 324 g/mol. The molecule has 2 rings (SSSR count). The van der Waals surface area contributed by atoms with Crippen molar-refractivity contribution >= 4 is 15.9 Å². The third-order valence-corrected chi connectivity index (χ3v) is 3.74. The van der Waals surface area contributed by atoms with Crippen molar-refractivity contribution in [2.24, 2.45) is 12.9 Å². The molecule has 6 nitrogen and oxygen atoms in total. The van der Waals surface area contributed by atoms with Crippen molar-refractivity contribution in [2.45, 2.75) is 6.04 Å². The molecule has 108 valence electrons. The molecule has 1 heterocycles. The first-order valence-corrected chi connectivity index (χ1v) is 6.77. The Labute approximate surface area is 126 Å². The Morgan fingerprint density at radius 2 is 2.10 bits per heavy atom. The zero-order chi connectivity index (χ0) is 14.7. The first-order chi connectivity index (χ1) is 9.62. The van der Waals surface area contributed by atoms with Crippen molar-refractivity contribution in [3.8, 4) is 11.5 Å². The maximum absolute atomic E-state index is 5.74. The zero-order valence-electron chi connectivity index (χ0n) is 11.6. The average Bonchev–Trinajstić information content (AvgIpc) is 2.80. The largest absolute Gasteiger partial charge is 0.497 e. The van der Waals surface area contributed by atoms with Gasteiger partial charge >= 0.3 is 0 Å². The molecule has 0 saturated carbocycles. The van der Waals surface area contributed by atoms with Gasteiger partial charge in [0.1, 0.15) is 11.5 Å². The number of rotatable bonds is 5. The van der Waals surface area contributed by atoms with Crippen LogP contribution >= 0.6 is 15.9 Å². The Bertz CT molecular complexity index is 581. The predicted molar refractivity (Wildman–Crippen MR) is 79.6 cm³/mol. The molecule has 0 aliphatic heterocycles. The average molecular weight is 341 g/mol. The number of benzene rings is 1. The third-order valence-electron chi connectivity index (χ3n) is 3.13. The Balaban J connectivity index is 2.56. The fourth-order valence-corrected chi connectivity index (χ4v) is 2.70. The lowest BCUT2D eigenvalue weighted by molar-refractivity contribution is 0.392. The summed E-state index contributed by atoms with van der Waals surface area (Å²) in [7, 11) is 5.10. The standard InChI is InChI=1S/C13H17BrN4O2/c1-18-13(10(14)7-16-18)12(17-15)9-6-8(19-2)4-5-11(9)20-3/h4-7,12,17H,15H2,1-3H3. The van der Waals surface area contributed by atoms with E-state index in [-0.39, 0.29) is 6.04 Å². The SMILES string of the molecule is COc1ccc(OC)c(C(NN)c2c(Br)cnn2C)c1. The van der Waals surface area contributed by atoms with Gasteiger partial charge in [0.25, 0.3) is 0 Å². The fourth-order valence-electron chi connectivity index (χ4n) is 2.13. The van der Waals surface area contributed by atoms with E-state index in [4.69, 9.17) is 15.3 Å². The molecule has 20 heavy (non-hydrogen) atoms. The lowest BCUT2D eigenvalue weighted by Crippen LogP contribution is -2.31. The van der Waals surface area contributed by atoms with Gasteiger partial charge in [0.15, 0.2) is 0 Å². The molecule has 0 spiro atoms. The van der Waals surface area contributed by atoms with Crippen LogP contribution in [0.3, 0.4) is 0 Å². The van der Waals surface area contributed by atoms with Gasteiger partial charge in [-0.1, -0.05) is 0 Å². The quantitative estimate of drug-likeness (QED) is 0.640. The molecule has 1 atom stereocenters. The van der Waals surface area contributed by atoms with Crippen LogP contribution in [0.1, 0.15) is 17.3 Å². The van der Waals surface area contributed by atoms with Gasteiger partial charge in [0, 0.05) is 12.6 Å². The van der Waals surface area contributed by atoms with Gasteiger partial charge in [-0.3, -0.25) is 10.5 Å². The second kappa shape index (κ2) is 6.25. The van der Waals surface area contributed by atoms with E-state index in [0.717, 1.165) is 27.2 Å². The Hall–Kier alpha value is -1.57. The van der Waals surface area contributed by atoms with Crippen LogP contribution in [0.4, 0.5) is 0 Å². The maximum Gasteiger partial charge on any atom is 0.124 e. The monoisotopic (exact) mass is 340 g/mol. The molecular formula is C13H17BrN4O2. The van der Waals surface area contributed by atoms with Crippen molar-refractivity contribution in [1.29, 1.82) is 0 Å². The highest BCUT2D eigenvalue weighted by molar-refractivity contribution is 9.10. The van der Waals surface area contributed by atoms with Crippen LogP contribution in [-0.4, -0.2) is 24.0 Å². The van der Waals surface area contributed by atoms with E-state index in [2.05, 4.69) is 26.5 Å². The summed E-state index contributed by atoms with van der Waals surface area (Å²) < 4.78 is 13.3. The normalized spacial score (nSPS) is 12.2. The predicted octanol–water partition coefficient (Wildman–Crippen LogP) is 1.75. The Morgan fingerprint density at radius 3 is 2.60 bits per heavy atom. The smallest absolute Gasteiger partial charge is 0.124 e. The number of hydrogen-bond donors (Lipinski definition) is 2. The van der Waals surface area contributed by atoms with Gasteiger partial charge in [-0.05, 0) is 34.1 Å². The highest BCUT2D eigenvalue weighted by Crippen LogP contribution is 2.35. The second-order valence-corrected chi connectivity index (χ2v) is 5.06. The van der Waals surface area contributed by atoms with Gasteiger partial charge in [-0.15, -0.1) is 0 Å². The second-order valence-electron chi connectivity index (χ2n) is 4.21. The topological polar surface area (TPSA) is 74.3 Å². The van der Waals surface area contributed by atoms with Gasteiger partial charge in [0.2, 0.25) is 0 Å². The third kappa shape index (κ3) is 2.65. The molecule has 0 fully saturated rings. The molecule has 2 aromatic rings. The highest BCUT2D eigenvalue weighted by atomic mass is 79.9. The van der Waals surface area contributed by atoms with Crippen LogP contribution in [0.2, 0.25) is 0 Å². The Kier molecular flexibility index (Phi) is 4.64. The summed E-state index contributed by atoms with van der Waals surface area (Å²) in [5.41, 5.74) is 4.58. The van der Waals surface area contributed by atoms with E-state index in [1.54, 1.807) is 25.1 Å². The van der Waals surface area contributed by atoms with E-state index in [1.807, 2.05) is 25.2 Å². The molecule has 3 N–H and O–H groups in total. The molecule has 1 aromatic carbocycles. The number of aromatic nitrogens is 2. The first kappa shape index (κ1) is 14.8. The van der Waals surface area contributed by atoms with Crippen molar-refractivity contribution in [3.05, 3.63) is 40.1 Å². The van der Waals surface area contributed by atoms with Crippen LogP contribution in [-0.2, 0) is 7.05 Å². The molecule has 0 bridgehead atoms. The molecule has 0 amide bonds. The summed E-state index contributed by atoms with van der Waals surface area (Å²) in [6, 6.07) is 5.31. The number of nitrogens with zero attached hydrogens (tertiary/aromatic N) is 2. The maximum atomic E-state index is 5.74. The van der Waals surface area contributed by atoms with Crippen molar-refractivity contribution in [1.82, 2.24) is 15.2 Å². The van der Waals surface area contributed by atoms with Crippen molar-refractivity contribution in [3.63, 3.8) is 0 Å². The fraction of sp³-hybridized carbons (Fsp3) is 0.308. The van der Waals surface area contributed by atoms with Crippen LogP contribution < -0.4 is 20.7 Å². The first-order valence-electron chi connectivity index (χ1n) is 5.97. The van der Waals surface area contributed by atoms with Gasteiger partial charge in [-0.2, -0.15) is 5.10 Å². The number of hydrogen-bond acceptors (Lipinski definition) is 5. The van der Waals surface area contributed by atoms with Crippen LogP contribution in [0, 0.1) is 0 Å². The zero-order valence-corrected chi connectivity index (χ0v) is 13.1. The van der Waals surface area contributed by atoms with E-state index in [1.165, 1.54) is 0 Å². The Morgan fingerprint density at radius 1 is 1.35 bits per heavy atom. The van der Waals surface area contributed by atoms with E-state index in [0.29, 0.717) is 0 Å². The summed E-state index contributed by atoms with van der Waals surface area (Å²) in [5.74, 6) is 7.20. The number of halogens is 1. The number of hydrazine groups is 1. The van der Waals surface area contributed by atoms with Gasteiger partial charge in [-0.25, -0.2) is 5.43 Å². The van der Waals surface area contributed by atoms with Crippen molar-refractivity contribution in [2.75, 3.05) is 14.2 Å². The van der Waals surface area contributed by atoms with Crippen LogP contribution in [0.25, 0.3) is 0 Å². The molecule has 0 aliphatic rings. The molecule has 0 saturated heterocycles. The number of nitrogens with one attached hydrogen (secondary N) is 1. The molecule has 0 radical (unpaired) electrons. The van der Waals surface area contributed by atoms with Crippen LogP contribution in [0.5, 0.6) is 11.5 Å². The van der Waals surface area contributed by atoms with Crippen LogP contribution in [0.15, 0.2) is 28.9 Å². The molecule has 1 aromatic heterocycles. The molecule has 1 unspecified atom stereocenters. The summed E-state index contributed by atoms with van der Waals surface area (Å²) in [4.78, 5) is 0. The summed E-state index contributed by atoms with van der Waals surface area (Å²) >= 11 is 3.49. The highest BCUT2D eigenvalue weighted by Gasteiger charge is 2.23.